The molecule has 0 bridgehead atoms. The van der Waals surface area contributed by atoms with Crippen molar-refractivity contribution in [1.82, 2.24) is 19.5 Å². The molecule has 0 aliphatic carbocycles. The van der Waals surface area contributed by atoms with Crippen LogP contribution in [-0.2, 0) is 6.54 Å². The number of unbranched alkanes of at least 4 members (excludes halogenated alkanes) is 1. The molecule has 5 nitrogen and oxygen atoms in total. The summed E-state index contributed by atoms with van der Waals surface area (Å²) in [7, 11) is 0. The summed E-state index contributed by atoms with van der Waals surface area (Å²) in [5.74, 6) is 1.52. The second-order valence-electron chi connectivity index (χ2n) is 5.17. The molecule has 2 N–H and O–H groups in total. The van der Waals surface area contributed by atoms with Crippen LogP contribution in [0, 0.1) is 6.92 Å². The molecular weight excluding hydrogens is 262 g/mol. The Morgan fingerprint density at radius 3 is 2.81 bits per heavy atom. The van der Waals surface area contributed by atoms with Crippen molar-refractivity contribution in [3.63, 3.8) is 0 Å². The maximum atomic E-state index is 5.75. The van der Waals surface area contributed by atoms with Crippen LogP contribution in [0.3, 0.4) is 0 Å². The van der Waals surface area contributed by atoms with Gasteiger partial charge in [0, 0.05) is 18.3 Å². The van der Waals surface area contributed by atoms with Gasteiger partial charge in [-0.1, -0.05) is 13.3 Å². The number of imidazole rings is 1. The van der Waals surface area contributed by atoms with Crippen LogP contribution in [0.15, 0.2) is 30.5 Å². The molecule has 108 valence electrons. The second kappa shape index (κ2) is 5.52. The van der Waals surface area contributed by atoms with E-state index in [0.717, 1.165) is 47.6 Å². The summed E-state index contributed by atoms with van der Waals surface area (Å²) >= 11 is 0. The lowest BCUT2D eigenvalue weighted by atomic mass is 10.1. The lowest BCUT2D eigenvalue weighted by Crippen LogP contribution is -2.01. The highest BCUT2D eigenvalue weighted by Gasteiger charge is 2.10. The van der Waals surface area contributed by atoms with Gasteiger partial charge in [0.15, 0.2) is 5.65 Å². The van der Waals surface area contributed by atoms with E-state index in [0.29, 0.717) is 5.82 Å². The Kier molecular flexibility index (Phi) is 3.56. The van der Waals surface area contributed by atoms with E-state index in [2.05, 4.69) is 21.5 Å². The van der Waals surface area contributed by atoms with E-state index < -0.39 is 0 Å². The number of nitrogens with zero attached hydrogens (tertiary/aromatic N) is 4. The number of nitrogen functional groups attached to an aromatic ring is 1. The minimum atomic E-state index is 0.505. The highest BCUT2D eigenvalue weighted by Crippen LogP contribution is 2.22. The predicted octanol–water partition coefficient (Wildman–Crippen LogP) is 3.18. The van der Waals surface area contributed by atoms with Gasteiger partial charge in [-0.05, 0) is 37.6 Å². The highest BCUT2D eigenvalue weighted by atomic mass is 15.1. The summed E-state index contributed by atoms with van der Waals surface area (Å²) < 4.78 is 2.19. The van der Waals surface area contributed by atoms with Crippen molar-refractivity contribution >= 4 is 17.0 Å². The van der Waals surface area contributed by atoms with Crippen LogP contribution in [-0.4, -0.2) is 19.5 Å². The maximum absolute atomic E-state index is 5.75. The lowest BCUT2D eigenvalue weighted by Gasteiger charge is -2.06. The molecule has 0 aromatic carbocycles. The zero-order chi connectivity index (χ0) is 14.8. The van der Waals surface area contributed by atoms with E-state index in [4.69, 9.17) is 10.7 Å². The number of hydrogen-bond acceptors (Lipinski definition) is 4. The Morgan fingerprint density at radius 2 is 2.05 bits per heavy atom. The number of hydrogen-bond donors (Lipinski definition) is 1. The van der Waals surface area contributed by atoms with Gasteiger partial charge in [0.05, 0.1) is 5.69 Å². The van der Waals surface area contributed by atoms with E-state index in [1.54, 1.807) is 6.20 Å². The summed E-state index contributed by atoms with van der Waals surface area (Å²) in [6.45, 7) is 5.17. The monoisotopic (exact) mass is 281 g/mol. The van der Waals surface area contributed by atoms with Gasteiger partial charge >= 0.3 is 0 Å². The van der Waals surface area contributed by atoms with Crippen molar-refractivity contribution < 1.29 is 0 Å². The minimum Gasteiger partial charge on any atom is -0.384 e. The van der Waals surface area contributed by atoms with Crippen LogP contribution < -0.4 is 5.73 Å². The van der Waals surface area contributed by atoms with Gasteiger partial charge in [0.2, 0.25) is 0 Å². The smallest absolute Gasteiger partial charge is 0.160 e. The third kappa shape index (κ3) is 2.59. The highest BCUT2D eigenvalue weighted by molar-refractivity contribution is 5.76. The molecule has 3 rings (SSSR count). The topological polar surface area (TPSA) is 69.6 Å². The van der Waals surface area contributed by atoms with E-state index in [1.165, 1.54) is 0 Å². The van der Waals surface area contributed by atoms with Crippen LogP contribution in [0.5, 0.6) is 0 Å². The average molecular weight is 281 g/mol. The molecule has 5 heteroatoms. The molecule has 3 heterocycles. The summed E-state index contributed by atoms with van der Waals surface area (Å²) in [5, 5.41) is 0. The van der Waals surface area contributed by atoms with Crippen LogP contribution in [0.4, 0.5) is 5.82 Å². The summed E-state index contributed by atoms with van der Waals surface area (Å²) in [4.78, 5) is 13.4. The zero-order valence-corrected chi connectivity index (χ0v) is 12.4. The van der Waals surface area contributed by atoms with Gasteiger partial charge in [0.1, 0.15) is 17.2 Å². The van der Waals surface area contributed by atoms with Crippen molar-refractivity contribution in [3.05, 3.63) is 36.3 Å². The van der Waals surface area contributed by atoms with Gasteiger partial charge in [0.25, 0.3) is 0 Å². The van der Waals surface area contributed by atoms with Crippen molar-refractivity contribution in [2.75, 3.05) is 5.73 Å². The maximum Gasteiger partial charge on any atom is 0.160 e. The van der Waals surface area contributed by atoms with Crippen molar-refractivity contribution in [1.29, 1.82) is 0 Å². The third-order valence-corrected chi connectivity index (χ3v) is 3.60. The van der Waals surface area contributed by atoms with Gasteiger partial charge in [-0.3, -0.25) is 0 Å². The Balaban J connectivity index is 2.10. The molecule has 3 aromatic heterocycles. The molecule has 0 aliphatic heterocycles. The lowest BCUT2D eigenvalue weighted by molar-refractivity contribution is 0.627. The van der Waals surface area contributed by atoms with E-state index in [-0.39, 0.29) is 0 Å². The van der Waals surface area contributed by atoms with Crippen molar-refractivity contribution in [2.45, 2.75) is 33.2 Å². The van der Waals surface area contributed by atoms with Crippen molar-refractivity contribution in [2.24, 2.45) is 0 Å². The van der Waals surface area contributed by atoms with E-state index in [1.807, 2.05) is 31.2 Å². The number of aromatic nitrogens is 4. The molecule has 0 amide bonds. The SMILES string of the molecule is CCCCn1c(C)nc2ccc(-c3ccnc(N)c3)nc21. The quantitative estimate of drug-likeness (QED) is 0.797. The Bertz CT molecular complexity index is 775. The first kappa shape index (κ1) is 13.5. The first-order valence-corrected chi connectivity index (χ1v) is 7.25. The summed E-state index contributed by atoms with van der Waals surface area (Å²) in [5.41, 5.74) is 9.50. The van der Waals surface area contributed by atoms with Gasteiger partial charge in [-0.15, -0.1) is 0 Å². The van der Waals surface area contributed by atoms with Gasteiger partial charge < -0.3 is 10.3 Å². The normalized spacial score (nSPS) is 11.1. The van der Waals surface area contributed by atoms with Crippen LogP contribution in [0.2, 0.25) is 0 Å². The van der Waals surface area contributed by atoms with E-state index >= 15 is 0 Å². The molecule has 0 atom stereocenters. The Morgan fingerprint density at radius 1 is 1.19 bits per heavy atom. The second-order valence-corrected chi connectivity index (χ2v) is 5.17. The number of aryl methyl sites for hydroxylation is 2. The molecule has 3 aromatic rings. The number of pyridine rings is 2. The molecule has 0 aliphatic rings. The number of anilines is 1. The largest absolute Gasteiger partial charge is 0.384 e. The van der Waals surface area contributed by atoms with Crippen LogP contribution in [0.1, 0.15) is 25.6 Å². The van der Waals surface area contributed by atoms with E-state index in [9.17, 15) is 0 Å². The molecule has 0 saturated carbocycles. The Hall–Kier alpha value is -2.43. The molecule has 0 radical (unpaired) electrons. The molecule has 0 unspecified atom stereocenters. The van der Waals surface area contributed by atoms with Crippen molar-refractivity contribution in [3.8, 4) is 11.3 Å². The number of nitrogens with two attached hydrogens (primary N) is 1. The van der Waals surface area contributed by atoms with Gasteiger partial charge in [-0.2, -0.15) is 0 Å². The standard InChI is InChI=1S/C16H19N5/c1-3-4-9-21-11(2)19-14-6-5-13(20-16(14)21)12-7-8-18-15(17)10-12/h5-8,10H,3-4,9H2,1-2H3,(H2,17,18). The van der Waals surface area contributed by atoms with Crippen LogP contribution >= 0.6 is 0 Å². The summed E-state index contributed by atoms with van der Waals surface area (Å²) in [6.07, 6.45) is 3.98. The molecule has 0 spiro atoms. The first-order valence-electron chi connectivity index (χ1n) is 7.25. The average Bonchev–Trinajstić information content (AvgIpc) is 2.79. The molecule has 0 saturated heterocycles. The number of rotatable bonds is 4. The van der Waals surface area contributed by atoms with Gasteiger partial charge in [-0.25, -0.2) is 15.0 Å². The molecule has 0 fully saturated rings. The molecular formula is C16H19N5. The number of fused-ring (bicyclic) bond motifs is 1. The predicted molar refractivity (Wildman–Crippen MR) is 84.8 cm³/mol. The summed E-state index contributed by atoms with van der Waals surface area (Å²) in [6, 6.07) is 7.76. The molecule has 21 heavy (non-hydrogen) atoms. The fourth-order valence-electron chi connectivity index (χ4n) is 2.47. The fraction of sp³-hybridized carbons (Fsp3) is 0.312. The zero-order valence-electron chi connectivity index (χ0n) is 12.4. The fourth-order valence-corrected chi connectivity index (χ4v) is 2.47. The Labute approximate surface area is 123 Å². The minimum absolute atomic E-state index is 0.505. The van der Waals surface area contributed by atoms with Crippen LogP contribution in [0.25, 0.3) is 22.4 Å². The third-order valence-electron chi connectivity index (χ3n) is 3.60. The first-order chi connectivity index (χ1) is 10.2.